The molecule has 2 aromatic carbocycles. The molecule has 0 heterocycles. The second-order valence-corrected chi connectivity index (χ2v) is 6.24. The highest BCUT2D eigenvalue weighted by atomic mass is 35.5. The molecule has 0 unspecified atom stereocenters. The molecule has 0 radical (unpaired) electrons. The van der Waals surface area contributed by atoms with Crippen LogP contribution in [-0.4, -0.2) is 8.42 Å². The smallest absolute Gasteiger partial charge is 0.262 e. The highest BCUT2D eigenvalue weighted by Crippen LogP contribution is 2.25. The van der Waals surface area contributed by atoms with Crippen molar-refractivity contribution in [3.8, 4) is 6.07 Å². The monoisotopic (exact) mass is 306 g/mol. The maximum atomic E-state index is 12.4. The van der Waals surface area contributed by atoms with Crippen molar-refractivity contribution in [3.63, 3.8) is 0 Å². The predicted octanol–water partition coefficient (Wildman–Crippen LogP) is 3.32. The van der Waals surface area contributed by atoms with Crippen LogP contribution >= 0.6 is 11.6 Å². The highest BCUT2D eigenvalue weighted by molar-refractivity contribution is 7.92. The largest absolute Gasteiger partial charge is 0.278 e. The summed E-state index contributed by atoms with van der Waals surface area (Å²) in [5.41, 5.74) is 1.15. The van der Waals surface area contributed by atoms with Gasteiger partial charge in [0.05, 0.1) is 27.2 Å². The van der Waals surface area contributed by atoms with Gasteiger partial charge >= 0.3 is 0 Å². The van der Waals surface area contributed by atoms with Crippen LogP contribution in [0.15, 0.2) is 47.4 Å². The van der Waals surface area contributed by atoms with E-state index in [2.05, 4.69) is 4.72 Å². The summed E-state index contributed by atoms with van der Waals surface area (Å²) in [6, 6.07) is 13.0. The van der Waals surface area contributed by atoms with E-state index in [-0.39, 0.29) is 10.5 Å². The van der Waals surface area contributed by atoms with Crippen molar-refractivity contribution in [2.75, 3.05) is 4.72 Å². The van der Waals surface area contributed by atoms with Gasteiger partial charge in [0, 0.05) is 0 Å². The number of hydrogen-bond donors (Lipinski definition) is 1. The third kappa shape index (κ3) is 2.93. The molecule has 0 bridgehead atoms. The maximum absolute atomic E-state index is 12.4. The second-order valence-electron chi connectivity index (χ2n) is 4.18. The van der Waals surface area contributed by atoms with E-state index in [1.165, 1.54) is 6.07 Å². The minimum Gasteiger partial charge on any atom is -0.278 e. The molecule has 2 aromatic rings. The van der Waals surface area contributed by atoms with Gasteiger partial charge < -0.3 is 0 Å². The number of nitrogens with one attached hydrogen (secondary N) is 1. The summed E-state index contributed by atoms with van der Waals surface area (Å²) in [6.07, 6.45) is 0. The fourth-order valence-electron chi connectivity index (χ4n) is 1.70. The lowest BCUT2D eigenvalue weighted by Gasteiger charge is -2.11. The molecule has 0 saturated heterocycles. The normalized spacial score (nSPS) is 10.8. The Labute approximate surface area is 122 Å². The molecule has 0 aliphatic carbocycles. The number of anilines is 1. The molecule has 0 fully saturated rings. The molecular weight excluding hydrogens is 296 g/mol. The summed E-state index contributed by atoms with van der Waals surface area (Å²) in [4.78, 5) is 0.0662. The number of aryl methyl sites for hydroxylation is 1. The van der Waals surface area contributed by atoms with Gasteiger partial charge in [-0.15, -0.1) is 0 Å². The number of halogens is 1. The minimum absolute atomic E-state index is 0.0662. The van der Waals surface area contributed by atoms with Crippen molar-refractivity contribution in [1.82, 2.24) is 0 Å². The number of nitriles is 1. The number of rotatable bonds is 3. The van der Waals surface area contributed by atoms with E-state index in [1.54, 1.807) is 43.3 Å². The van der Waals surface area contributed by atoms with Gasteiger partial charge in [0.25, 0.3) is 10.0 Å². The Bertz CT molecular complexity index is 795. The lowest BCUT2D eigenvalue weighted by Crippen LogP contribution is -2.14. The van der Waals surface area contributed by atoms with E-state index in [9.17, 15) is 8.42 Å². The van der Waals surface area contributed by atoms with Gasteiger partial charge in [-0.25, -0.2) is 8.42 Å². The summed E-state index contributed by atoms with van der Waals surface area (Å²) < 4.78 is 27.2. The Kier molecular flexibility index (Phi) is 3.98. The summed E-state index contributed by atoms with van der Waals surface area (Å²) in [5.74, 6) is 0. The van der Waals surface area contributed by atoms with Crippen molar-refractivity contribution >= 4 is 27.3 Å². The van der Waals surface area contributed by atoms with Crippen LogP contribution < -0.4 is 4.72 Å². The molecule has 0 aliphatic heterocycles. The molecule has 2 rings (SSSR count). The Morgan fingerprint density at radius 1 is 1.20 bits per heavy atom. The molecule has 20 heavy (non-hydrogen) atoms. The van der Waals surface area contributed by atoms with Crippen LogP contribution in [0.3, 0.4) is 0 Å². The van der Waals surface area contributed by atoms with Crippen LogP contribution in [0, 0.1) is 18.3 Å². The number of benzene rings is 2. The molecular formula is C14H11ClN2O2S. The molecule has 0 spiro atoms. The average Bonchev–Trinajstić information content (AvgIpc) is 2.41. The molecule has 4 nitrogen and oxygen atoms in total. The number of hydrogen-bond acceptors (Lipinski definition) is 3. The SMILES string of the molecule is Cc1ccc(C#N)cc1S(=O)(=O)Nc1ccccc1Cl. The molecule has 0 amide bonds. The third-order valence-corrected chi connectivity index (χ3v) is 4.56. The van der Waals surface area contributed by atoms with E-state index in [0.29, 0.717) is 16.3 Å². The molecule has 6 heteroatoms. The Morgan fingerprint density at radius 2 is 1.90 bits per heavy atom. The lowest BCUT2D eigenvalue weighted by atomic mass is 10.2. The van der Waals surface area contributed by atoms with Crippen molar-refractivity contribution in [2.45, 2.75) is 11.8 Å². The van der Waals surface area contributed by atoms with Crippen molar-refractivity contribution < 1.29 is 8.42 Å². The van der Waals surface area contributed by atoms with E-state index < -0.39 is 10.0 Å². The zero-order valence-corrected chi connectivity index (χ0v) is 12.2. The van der Waals surface area contributed by atoms with E-state index in [0.717, 1.165) is 0 Å². The average molecular weight is 307 g/mol. The van der Waals surface area contributed by atoms with Crippen LogP contribution in [0.1, 0.15) is 11.1 Å². The van der Waals surface area contributed by atoms with Gasteiger partial charge in [-0.2, -0.15) is 5.26 Å². The quantitative estimate of drug-likeness (QED) is 0.945. The van der Waals surface area contributed by atoms with Gasteiger partial charge in [0.1, 0.15) is 0 Å². The molecule has 0 saturated carbocycles. The topological polar surface area (TPSA) is 70.0 Å². The van der Waals surface area contributed by atoms with Crippen LogP contribution in [0.2, 0.25) is 5.02 Å². The number of sulfonamides is 1. The first-order valence-corrected chi connectivity index (χ1v) is 7.58. The molecule has 1 N–H and O–H groups in total. The van der Waals surface area contributed by atoms with Gasteiger partial charge in [-0.1, -0.05) is 29.8 Å². The standard InChI is InChI=1S/C14H11ClN2O2S/c1-10-6-7-11(9-16)8-14(10)20(18,19)17-13-5-3-2-4-12(13)15/h2-8,17H,1H3. The van der Waals surface area contributed by atoms with Crippen molar-refractivity contribution in [3.05, 3.63) is 58.6 Å². The first-order chi connectivity index (χ1) is 9.44. The minimum atomic E-state index is -3.78. The molecule has 102 valence electrons. The summed E-state index contributed by atoms with van der Waals surface area (Å²) >= 11 is 5.94. The Morgan fingerprint density at radius 3 is 2.55 bits per heavy atom. The number of para-hydroxylation sites is 1. The molecule has 0 aromatic heterocycles. The van der Waals surface area contributed by atoms with Crippen molar-refractivity contribution in [2.24, 2.45) is 0 Å². The van der Waals surface area contributed by atoms with Crippen LogP contribution in [0.5, 0.6) is 0 Å². The van der Waals surface area contributed by atoms with E-state index in [4.69, 9.17) is 16.9 Å². The fourth-order valence-corrected chi connectivity index (χ4v) is 3.29. The van der Waals surface area contributed by atoms with Gasteiger partial charge in [-0.3, -0.25) is 4.72 Å². The third-order valence-electron chi connectivity index (χ3n) is 2.72. The second kappa shape index (κ2) is 5.53. The summed E-state index contributed by atoms with van der Waals surface area (Å²) in [5, 5.41) is 9.18. The van der Waals surface area contributed by atoms with Gasteiger partial charge in [0.15, 0.2) is 0 Å². The lowest BCUT2D eigenvalue weighted by molar-refractivity contribution is 0.600. The van der Waals surface area contributed by atoms with Crippen LogP contribution in [-0.2, 0) is 10.0 Å². The van der Waals surface area contributed by atoms with Crippen LogP contribution in [0.25, 0.3) is 0 Å². The number of nitrogens with zero attached hydrogens (tertiary/aromatic N) is 1. The van der Waals surface area contributed by atoms with E-state index >= 15 is 0 Å². The highest BCUT2D eigenvalue weighted by Gasteiger charge is 2.18. The molecule has 0 aliphatic rings. The Balaban J connectivity index is 2.47. The summed E-state index contributed by atoms with van der Waals surface area (Å²) in [6.45, 7) is 1.67. The fraction of sp³-hybridized carbons (Fsp3) is 0.0714. The Hall–Kier alpha value is -2.03. The van der Waals surface area contributed by atoms with Crippen LogP contribution in [0.4, 0.5) is 5.69 Å². The zero-order valence-electron chi connectivity index (χ0n) is 10.6. The first kappa shape index (κ1) is 14.4. The van der Waals surface area contributed by atoms with Gasteiger partial charge in [0.2, 0.25) is 0 Å². The predicted molar refractivity (Wildman–Crippen MR) is 78.2 cm³/mol. The van der Waals surface area contributed by atoms with Crippen molar-refractivity contribution in [1.29, 1.82) is 5.26 Å². The van der Waals surface area contributed by atoms with Gasteiger partial charge in [-0.05, 0) is 36.8 Å². The molecule has 0 atom stereocenters. The first-order valence-electron chi connectivity index (χ1n) is 5.72. The van der Waals surface area contributed by atoms with E-state index in [1.807, 2.05) is 6.07 Å². The summed E-state index contributed by atoms with van der Waals surface area (Å²) in [7, 11) is -3.78. The maximum Gasteiger partial charge on any atom is 0.262 e. The zero-order chi connectivity index (χ0) is 14.8.